The van der Waals surface area contributed by atoms with Crippen LogP contribution in [0, 0.1) is 17.8 Å². The molecule has 13 heavy (non-hydrogen) atoms. The van der Waals surface area contributed by atoms with Crippen LogP contribution in [0.5, 0.6) is 0 Å². The molecule has 2 saturated carbocycles. The van der Waals surface area contributed by atoms with Crippen molar-refractivity contribution in [1.82, 2.24) is 0 Å². The molecule has 1 nitrogen and oxygen atoms in total. The summed E-state index contributed by atoms with van der Waals surface area (Å²) >= 11 is 0. The number of nitrogens with two attached hydrogens (primary N) is 1. The summed E-state index contributed by atoms with van der Waals surface area (Å²) in [6, 6.07) is 0. The summed E-state index contributed by atoms with van der Waals surface area (Å²) in [5, 5.41) is 0. The molecule has 0 saturated heterocycles. The molecule has 0 spiro atoms. The molecule has 0 aromatic rings. The zero-order valence-electron chi connectivity index (χ0n) is 9.05. The third kappa shape index (κ3) is 1.52. The van der Waals surface area contributed by atoms with Gasteiger partial charge in [0.2, 0.25) is 0 Å². The second-order valence-corrected chi connectivity index (χ2v) is 5.52. The van der Waals surface area contributed by atoms with Crippen molar-refractivity contribution in [2.45, 2.75) is 57.9 Å². The molecule has 1 heteroatoms. The molecular weight excluding hydrogens is 158 g/mol. The molecule has 0 amide bonds. The zero-order chi connectivity index (χ0) is 9.47. The Morgan fingerprint density at radius 3 is 2.69 bits per heavy atom. The van der Waals surface area contributed by atoms with E-state index in [0.717, 1.165) is 17.8 Å². The lowest BCUT2D eigenvalue weighted by molar-refractivity contribution is 0.0554. The molecule has 2 aliphatic carbocycles. The highest BCUT2D eigenvalue weighted by atomic mass is 14.8. The van der Waals surface area contributed by atoms with E-state index in [2.05, 4.69) is 13.8 Å². The highest BCUT2D eigenvalue weighted by Crippen LogP contribution is 2.46. The van der Waals surface area contributed by atoms with Crippen molar-refractivity contribution in [2.75, 3.05) is 0 Å². The fraction of sp³-hybridized carbons (Fsp3) is 1.00. The van der Waals surface area contributed by atoms with Crippen LogP contribution in [0.1, 0.15) is 52.4 Å². The van der Waals surface area contributed by atoms with E-state index in [1.165, 1.54) is 38.5 Å². The zero-order valence-corrected chi connectivity index (χ0v) is 9.05. The van der Waals surface area contributed by atoms with Crippen molar-refractivity contribution >= 4 is 0 Å². The summed E-state index contributed by atoms with van der Waals surface area (Å²) in [7, 11) is 0. The van der Waals surface area contributed by atoms with E-state index in [0.29, 0.717) is 0 Å². The van der Waals surface area contributed by atoms with E-state index in [1.807, 2.05) is 0 Å². The smallest absolute Gasteiger partial charge is 0.0209 e. The molecule has 2 aliphatic rings. The van der Waals surface area contributed by atoms with Gasteiger partial charge in [-0.2, -0.15) is 0 Å². The van der Waals surface area contributed by atoms with E-state index >= 15 is 0 Å². The summed E-state index contributed by atoms with van der Waals surface area (Å²) in [5.74, 6) is 2.52. The Labute approximate surface area is 82.1 Å². The van der Waals surface area contributed by atoms with Crippen LogP contribution >= 0.6 is 0 Å². The van der Waals surface area contributed by atoms with Crippen LogP contribution in [0.3, 0.4) is 0 Å². The Kier molecular flexibility index (Phi) is 2.39. The Morgan fingerprint density at radius 2 is 1.92 bits per heavy atom. The van der Waals surface area contributed by atoms with Crippen LogP contribution in [0.2, 0.25) is 0 Å². The first kappa shape index (κ1) is 9.51. The van der Waals surface area contributed by atoms with Crippen LogP contribution in [0.4, 0.5) is 0 Å². The monoisotopic (exact) mass is 181 g/mol. The van der Waals surface area contributed by atoms with Crippen molar-refractivity contribution in [3.05, 3.63) is 0 Å². The minimum atomic E-state index is 0.213. The topological polar surface area (TPSA) is 26.0 Å². The van der Waals surface area contributed by atoms with Gasteiger partial charge in [0.15, 0.2) is 0 Å². The molecule has 76 valence electrons. The van der Waals surface area contributed by atoms with E-state index in [1.54, 1.807) is 0 Å². The number of fused-ring (bicyclic) bond motifs is 1. The lowest BCUT2D eigenvalue weighted by Gasteiger charge is -2.50. The molecule has 1 unspecified atom stereocenters. The van der Waals surface area contributed by atoms with Gasteiger partial charge in [-0.25, -0.2) is 0 Å². The predicted molar refractivity (Wildman–Crippen MR) is 56.4 cm³/mol. The molecule has 0 aromatic heterocycles. The molecule has 2 rings (SSSR count). The second kappa shape index (κ2) is 3.27. The Morgan fingerprint density at radius 1 is 1.15 bits per heavy atom. The fourth-order valence-electron chi connectivity index (χ4n) is 3.50. The van der Waals surface area contributed by atoms with E-state index in [9.17, 15) is 0 Å². The molecule has 0 radical (unpaired) electrons. The van der Waals surface area contributed by atoms with Gasteiger partial charge in [-0.05, 0) is 49.9 Å². The van der Waals surface area contributed by atoms with Gasteiger partial charge in [-0.3, -0.25) is 0 Å². The standard InChI is InChI=1S/C12H23N/c1-9-6-7-12(13)10(2)4-3-5-11(12)8-9/h9-11H,3-8,13H2,1-2H3/t9?,10-,11+,12-/m0/s1. The van der Waals surface area contributed by atoms with Crippen LogP contribution < -0.4 is 5.73 Å². The highest BCUT2D eigenvalue weighted by molar-refractivity contribution is 5.01. The maximum Gasteiger partial charge on any atom is 0.0209 e. The van der Waals surface area contributed by atoms with Crippen LogP contribution in [-0.2, 0) is 0 Å². The van der Waals surface area contributed by atoms with E-state index in [4.69, 9.17) is 5.73 Å². The van der Waals surface area contributed by atoms with Crippen LogP contribution in [-0.4, -0.2) is 5.54 Å². The third-order valence-corrected chi connectivity index (χ3v) is 4.62. The second-order valence-electron chi connectivity index (χ2n) is 5.52. The number of hydrogen-bond acceptors (Lipinski definition) is 1. The first-order valence-corrected chi connectivity index (χ1v) is 5.92. The van der Waals surface area contributed by atoms with E-state index < -0.39 is 0 Å². The Balaban J connectivity index is 2.13. The molecule has 2 fully saturated rings. The van der Waals surface area contributed by atoms with Gasteiger partial charge in [0.05, 0.1) is 0 Å². The van der Waals surface area contributed by atoms with Crippen LogP contribution in [0.15, 0.2) is 0 Å². The van der Waals surface area contributed by atoms with Gasteiger partial charge in [-0.1, -0.05) is 20.3 Å². The molecule has 0 aliphatic heterocycles. The lowest BCUT2D eigenvalue weighted by atomic mass is 9.59. The van der Waals surface area contributed by atoms with Gasteiger partial charge in [0, 0.05) is 5.54 Å². The molecular formula is C12H23N. The van der Waals surface area contributed by atoms with Gasteiger partial charge >= 0.3 is 0 Å². The SMILES string of the molecule is CC1CC[C@@]2(N)[C@H](CCC[C@@H]2C)C1. The first-order valence-electron chi connectivity index (χ1n) is 5.92. The molecule has 4 atom stereocenters. The maximum absolute atomic E-state index is 6.57. The molecule has 2 N–H and O–H groups in total. The van der Waals surface area contributed by atoms with Crippen molar-refractivity contribution in [2.24, 2.45) is 23.5 Å². The highest BCUT2D eigenvalue weighted by Gasteiger charge is 2.44. The quantitative estimate of drug-likeness (QED) is 0.611. The van der Waals surface area contributed by atoms with Gasteiger partial charge in [-0.15, -0.1) is 0 Å². The Bertz CT molecular complexity index is 190. The van der Waals surface area contributed by atoms with Gasteiger partial charge < -0.3 is 5.73 Å². The van der Waals surface area contributed by atoms with Crippen molar-refractivity contribution in [3.8, 4) is 0 Å². The summed E-state index contributed by atoms with van der Waals surface area (Å²) < 4.78 is 0. The number of rotatable bonds is 0. The molecule has 0 aromatic carbocycles. The summed E-state index contributed by atoms with van der Waals surface area (Å²) in [6.45, 7) is 4.75. The lowest BCUT2D eigenvalue weighted by Crippen LogP contribution is -2.57. The summed E-state index contributed by atoms with van der Waals surface area (Å²) in [6.07, 6.45) is 8.20. The first-order chi connectivity index (χ1) is 6.13. The minimum Gasteiger partial charge on any atom is -0.325 e. The minimum absolute atomic E-state index is 0.213. The van der Waals surface area contributed by atoms with Crippen molar-refractivity contribution in [3.63, 3.8) is 0 Å². The van der Waals surface area contributed by atoms with Crippen LogP contribution in [0.25, 0.3) is 0 Å². The summed E-state index contributed by atoms with van der Waals surface area (Å²) in [5.41, 5.74) is 6.78. The number of hydrogen-bond donors (Lipinski definition) is 1. The average molecular weight is 181 g/mol. The molecule has 0 bridgehead atoms. The van der Waals surface area contributed by atoms with Gasteiger partial charge in [0.1, 0.15) is 0 Å². The maximum atomic E-state index is 6.57. The van der Waals surface area contributed by atoms with Gasteiger partial charge in [0.25, 0.3) is 0 Å². The predicted octanol–water partition coefficient (Wildman–Crippen LogP) is 2.94. The Hall–Kier alpha value is -0.0400. The average Bonchev–Trinajstić information content (AvgIpc) is 2.09. The largest absolute Gasteiger partial charge is 0.325 e. The van der Waals surface area contributed by atoms with E-state index in [-0.39, 0.29) is 5.54 Å². The fourth-order valence-corrected chi connectivity index (χ4v) is 3.50. The van der Waals surface area contributed by atoms with Crippen molar-refractivity contribution < 1.29 is 0 Å². The van der Waals surface area contributed by atoms with Crippen molar-refractivity contribution in [1.29, 1.82) is 0 Å². The summed E-state index contributed by atoms with van der Waals surface area (Å²) in [4.78, 5) is 0. The third-order valence-electron chi connectivity index (χ3n) is 4.62. The normalized spacial score (nSPS) is 51.5. The molecule has 0 heterocycles.